The first kappa shape index (κ1) is 21.4. The molecule has 3 amide bonds. The quantitative estimate of drug-likeness (QED) is 0.390. The molecule has 1 atom stereocenters. The molecular weight excluding hydrogens is 388 g/mol. The minimum atomic E-state index is -0.908. The second kappa shape index (κ2) is 9.34. The number of ether oxygens (including phenoxy) is 1. The highest BCUT2D eigenvalue weighted by Crippen LogP contribution is 2.29. The lowest BCUT2D eigenvalue weighted by atomic mass is 10.2. The van der Waals surface area contributed by atoms with E-state index in [2.05, 4.69) is 10.3 Å². The van der Waals surface area contributed by atoms with E-state index >= 15 is 0 Å². The second-order valence-electron chi connectivity index (χ2n) is 5.98. The molecule has 0 aliphatic heterocycles. The number of amides is 3. The molecule has 2 rings (SSSR count). The summed E-state index contributed by atoms with van der Waals surface area (Å²) >= 11 is 2.58. The van der Waals surface area contributed by atoms with Crippen molar-refractivity contribution in [3.8, 4) is 0 Å². The number of carbonyl (C=O) groups is 2. The first-order valence-electron chi connectivity index (χ1n) is 8.61. The van der Waals surface area contributed by atoms with Crippen LogP contribution < -0.4 is 16.6 Å². The van der Waals surface area contributed by atoms with E-state index < -0.39 is 17.2 Å². The molecule has 0 bridgehead atoms. The predicted octanol–water partition coefficient (Wildman–Crippen LogP) is 2.18. The summed E-state index contributed by atoms with van der Waals surface area (Å²) in [6, 6.07) is -0.908. The SMILES string of the molecule is CCOCCCn1c(S[C@@H](C)C(=O)NC(N)=O)nc2sc(C)c(C)c2c1=O. The molecule has 0 aliphatic rings. The second-order valence-corrected chi connectivity index (χ2v) is 8.49. The molecule has 10 heteroatoms. The van der Waals surface area contributed by atoms with Crippen LogP contribution in [0.4, 0.5) is 4.79 Å². The van der Waals surface area contributed by atoms with E-state index in [9.17, 15) is 14.4 Å². The van der Waals surface area contributed by atoms with Crippen LogP contribution in [0.15, 0.2) is 9.95 Å². The van der Waals surface area contributed by atoms with Crippen LogP contribution in [0.5, 0.6) is 0 Å². The minimum absolute atomic E-state index is 0.122. The van der Waals surface area contributed by atoms with Crippen molar-refractivity contribution in [2.24, 2.45) is 5.73 Å². The summed E-state index contributed by atoms with van der Waals surface area (Å²) in [7, 11) is 0. The number of nitrogens with two attached hydrogens (primary N) is 1. The van der Waals surface area contributed by atoms with Gasteiger partial charge in [-0.3, -0.25) is 19.5 Å². The van der Waals surface area contributed by atoms with Crippen LogP contribution in [0, 0.1) is 13.8 Å². The molecule has 2 aromatic heterocycles. The number of rotatable bonds is 8. The molecule has 2 heterocycles. The zero-order chi connectivity index (χ0) is 20.1. The first-order valence-corrected chi connectivity index (χ1v) is 10.3. The van der Waals surface area contributed by atoms with Gasteiger partial charge in [-0.25, -0.2) is 9.78 Å². The number of thiophene rings is 1. The van der Waals surface area contributed by atoms with Crippen molar-refractivity contribution in [3.05, 3.63) is 20.8 Å². The van der Waals surface area contributed by atoms with Gasteiger partial charge in [0, 0.05) is 24.6 Å². The van der Waals surface area contributed by atoms with Crippen LogP contribution in [0.25, 0.3) is 10.2 Å². The molecule has 0 spiro atoms. The number of carbonyl (C=O) groups excluding carboxylic acids is 2. The van der Waals surface area contributed by atoms with Gasteiger partial charge in [0.15, 0.2) is 5.16 Å². The summed E-state index contributed by atoms with van der Waals surface area (Å²) in [6.07, 6.45) is 0.651. The number of thioether (sulfide) groups is 1. The summed E-state index contributed by atoms with van der Waals surface area (Å²) in [5.41, 5.74) is 5.81. The van der Waals surface area contributed by atoms with Gasteiger partial charge in [0.1, 0.15) is 4.83 Å². The van der Waals surface area contributed by atoms with Crippen molar-refractivity contribution in [1.29, 1.82) is 0 Å². The van der Waals surface area contributed by atoms with Crippen molar-refractivity contribution in [3.63, 3.8) is 0 Å². The molecule has 0 aliphatic carbocycles. The molecule has 0 aromatic carbocycles. The Morgan fingerprint density at radius 2 is 2.11 bits per heavy atom. The summed E-state index contributed by atoms with van der Waals surface area (Å²) < 4.78 is 6.94. The number of aromatic nitrogens is 2. The maximum Gasteiger partial charge on any atom is 0.318 e. The van der Waals surface area contributed by atoms with Gasteiger partial charge in [-0.15, -0.1) is 11.3 Å². The third kappa shape index (κ3) is 5.08. The van der Waals surface area contributed by atoms with Gasteiger partial charge in [-0.05, 0) is 39.7 Å². The summed E-state index contributed by atoms with van der Waals surface area (Å²) in [4.78, 5) is 42.3. The van der Waals surface area contributed by atoms with Crippen LogP contribution in [0.3, 0.4) is 0 Å². The van der Waals surface area contributed by atoms with E-state index in [1.54, 1.807) is 11.5 Å². The molecule has 2 aromatic rings. The number of imide groups is 1. The maximum absolute atomic E-state index is 13.1. The minimum Gasteiger partial charge on any atom is -0.382 e. The zero-order valence-electron chi connectivity index (χ0n) is 15.8. The van der Waals surface area contributed by atoms with E-state index in [4.69, 9.17) is 10.5 Å². The van der Waals surface area contributed by atoms with E-state index in [0.29, 0.717) is 41.6 Å². The third-order valence-corrected chi connectivity index (χ3v) is 6.22. The average molecular weight is 413 g/mol. The van der Waals surface area contributed by atoms with Crippen molar-refractivity contribution in [1.82, 2.24) is 14.9 Å². The molecule has 0 saturated heterocycles. The Morgan fingerprint density at radius 1 is 1.41 bits per heavy atom. The lowest BCUT2D eigenvalue weighted by molar-refractivity contribution is -0.119. The summed E-state index contributed by atoms with van der Waals surface area (Å²) in [5.74, 6) is -0.527. The zero-order valence-corrected chi connectivity index (χ0v) is 17.5. The summed E-state index contributed by atoms with van der Waals surface area (Å²) in [5, 5.41) is 2.48. The van der Waals surface area contributed by atoms with Crippen LogP contribution in [0.2, 0.25) is 0 Å². The standard InChI is InChI=1S/C17H24N4O4S2/c1-5-25-8-6-7-21-15(23)12-9(2)10(3)26-14(12)20-17(21)27-11(4)13(22)19-16(18)24/h11H,5-8H2,1-4H3,(H3,18,19,22,24)/t11-/m0/s1. The number of urea groups is 1. The van der Waals surface area contributed by atoms with E-state index in [1.807, 2.05) is 20.8 Å². The van der Waals surface area contributed by atoms with E-state index in [-0.39, 0.29) is 5.56 Å². The Labute approximate surface area is 165 Å². The highest BCUT2D eigenvalue weighted by atomic mass is 32.2. The van der Waals surface area contributed by atoms with E-state index in [1.165, 1.54) is 11.3 Å². The van der Waals surface area contributed by atoms with Gasteiger partial charge in [-0.1, -0.05) is 11.8 Å². The maximum atomic E-state index is 13.1. The highest BCUT2D eigenvalue weighted by molar-refractivity contribution is 8.00. The molecule has 27 heavy (non-hydrogen) atoms. The fraction of sp³-hybridized carbons (Fsp3) is 0.529. The number of fused-ring (bicyclic) bond motifs is 1. The first-order chi connectivity index (χ1) is 12.8. The topological polar surface area (TPSA) is 116 Å². The van der Waals surface area contributed by atoms with Crippen molar-refractivity contribution < 1.29 is 14.3 Å². The number of nitrogens with one attached hydrogen (secondary N) is 1. The van der Waals surface area contributed by atoms with Crippen LogP contribution in [0.1, 0.15) is 30.7 Å². The number of hydrogen-bond donors (Lipinski definition) is 2. The molecule has 3 N–H and O–H groups in total. The summed E-state index contributed by atoms with van der Waals surface area (Å²) in [6.45, 7) is 8.99. The van der Waals surface area contributed by atoms with Gasteiger partial charge in [0.25, 0.3) is 5.56 Å². The molecular formula is C17H24N4O4S2. The van der Waals surface area contributed by atoms with Crippen LogP contribution >= 0.6 is 23.1 Å². The van der Waals surface area contributed by atoms with Gasteiger partial charge in [0.05, 0.1) is 10.6 Å². The normalized spacial score (nSPS) is 12.3. The lowest BCUT2D eigenvalue weighted by Crippen LogP contribution is -2.39. The lowest BCUT2D eigenvalue weighted by Gasteiger charge is -2.15. The Balaban J connectivity index is 2.40. The fourth-order valence-electron chi connectivity index (χ4n) is 2.50. The number of hydrogen-bond acceptors (Lipinski definition) is 7. The van der Waals surface area contributed by atoms with Crippen molar-refractivity contribution in [2.45, 2.75) is 51.1 Å². The van der Waals surface area contributed by atoms with Gasteiger partial charge in [-0.2, -0.15) is 0 Å². The molecule has 148 valence electrons. The van der Waals surface area contributed by atoms with Gasteiger partial charge < -0.3 is 10.5 Å². The Kier molecular flexibility index (Phi) is 7.40. The highest BCUT2D eigenvalue weighted by Gasteiger charge is 2.22. The molecule has 0 unspecified atom stereocenters. The molecule has 8 nitrogen and oxygen atoms in total. The number of aryl methyl sites for hydroxylation is 2. The van der Waals surface area contributed by atoms with Crippen LogP contribution in [-0.2, 0) is 16.1 Å². The molecule has 0 radical (unpaired) electrons. The van der Waals surface area contributed by atoms with Gasteiger partial charge >= 0.3 is 6.03 Å². The number of primary amides is 1. The number of nitrogens with zero attached hydrogens (tertiary/aromatic N) is 2. The van der Waals surface area contributed by atoms with Crippen LogP contribution in [-0.4, -0.2) is 40.0 Å². The molecule has 0 fully saturated rings. The fourth-order valence-corrected chi connectivity index (χ4v) is 4.50. The third-order valence-electron chi connectivity index (χ3n) is 4.03. The molecule has 0 saturated carbocycles. The smallest absolute Gasteiger partial charge is 0.318 e. The predicted molar refractivity (Wildman–Crippen MR) is 108 cm³/mol. The monoisotopic (exact) mass is 412 g/mol. The van der Waals surface area contributed by atoms with E-state index in [0.717, 1.165) is 22.2 Å². The van der Waals surface area contributed by atoms with Crippen molar-refractivity contribution >= 4 is 45.3 Å². The Morgan fingerprint density at radius 3 is 2.74 bits per heavy atom. The van der Waals surface area contributed by atoms with Crippen molar-refractivity contribution in [2.75, 3.05) is 13.2 Å². The van der Waals surface area contributed by atoms with Gasteiger partial charge in [0.2, 0.25) is 5.91 Å². The largest absolute Gasteiger partial charge is 0.382 e. The average Bonchev–Trinajstić information content (AvgIpc) is 2.87. The Bertz CT molecular complexity index is 906. The Hall–Kier alpha value is -1.91.